The summed E-state index contributed by atoms with van der Waals surface area (Å²) in [5, 5.41) is 6.86. The lowest BCUT2D eigenvalue weighted by Gasteiger charge is -2.05. The van der Waals surface area contributed by atoms with Crippen LogP contribution in [0.25, 0.3) is 0 Å². The van der Waals surface area contributed by atoms with Gasteiger partial charge in [0.15, 0.2) is 0 Å². The second-order valence-corrected chi connectivity index (χ2v) is 2.61. The SMILES string of the molecule is CNC(C)Cc1cc(N)on1. The molecule has 0 fully saturated rings. The first-order chi connectivity index (χ1) is 5.22. The van der Waals surface area contributed by atoms with Gasteiger partial charge in [0.05, 0.1) is 5.69 Å². The van der Waals surface area contributed by atoms with Gasteiger partial charge in [-0.2, -0.15) is 0 Å². The number of nitrogens with two attached hydrogens (primary N) is 1. The molecule has 3 N–H and O–H groups in total. The highest BCUT2D eigenvalue weighted by molar-refractivity contribution is 5.24. The highest BCUT2D eigenvalue weighted by Crippen LogP contribution is 2.06. The fraction of sp³-hybridized carbons (Fsp3) is 0.571. The molecule has 1 rings (SSSR count). The molecule has 0 bridgehead atoms. The third-order valence-electron chi connectivity index (χ3n) is 1.59. The normalized spacial score (nSPS) is 13.3. The summed E-state index contributed by atoms with van der Waals surface area (Å²) in [5.41, 5.74) is 6.24. The van der Waals surface area contributed by atoms with Gasteiger partial charge in [-0.05, 0) is 14.0 Å². The van der Waals surface area contributed by atoms with E-state index in [9.17, 15) is 0 Å². The summed E-state index contributed by atoms with van der Waals surface area (Å²) in [6, 6.07) is 2.15. The van der Waals surface area contributed by atoms with Gasteiger partial charge in [0.2, 0.25) is 5.88 Å². The van der Waals surface area contributed by atoms with E-state index in [0.717, 1.165) is 12.1 Å². The van der Waals surface area contributed by atoms with E-state index < -0.39 is 0 Å². The Morgan fingerprint density at radius 1 is 1.82 bits per heavy atom. The van der Waals surface area contributed by atoms with Gasteiger partial charge in [-0.25, -0.2) is 0 Å². The number of rotatable bonds is 3. The van der Waals surface area contributed by atoms with Crippen LogP contribution in [0.5, 0.6) is 0 Å². The Labute approximate surface area is 65.7 Å². The van der Waals surface area contributed by atoms with E-state index >= 15 is 0 Å². The lowest BCUT2D eigenvalue weighted by atomic mass is 10.2. The molecule has 1 unspecified atom stereocenters. The molecule has 62 valence electrons. The van der Waals surface area contributed by atoms with E-state index in [2.05, 4.69) is 17.4 Å². The van der Waals surface area contributed by atoms with Crippen molar-refractivity contribution in [3.63, 3.8) is 0 Å². The van der Waals surface area contributed by atoms with Crippen LogP contribution in [-0.2, 0) is 6.42 Å². The van der Waals surface area contributed by atoms with E-state index in [-0.39, 0.29) is 0 Å². The van der Waals surface area contributed by atoms with Crippen LogP contribution < -0.4 is 11.1 Å². The molecule has 0 aliphatic carbocycles. The molecule has 0 saturated heterocycles. The molecule has 1 aromatic heterocycles. The number of hydrogen-bond donors (Lipinski definition) is 2. The third kappa shape index (κ3) is 2.23. The van der Waals surface area contributed by atoms with Gasteiger partial charge >= 0.3 is 0 Å². The third-order valence-corrected chi connectivity index (χ3v) is 1.59. The smallest absolute Gasteiger partial charge is 0.222 e. The molecule has 0 aromatic carbocycles. The average molecular weight is 155 g/mol. The predicted octanol–water partition coefficient (Wildman–Crippen LogP) is 0.407. The van der Waals surface area contributed by atoms with E-state index in [0.29, 0.717) is 11.9 Å². The zero-order chi connectivity index (χ0) is 8.27. The minimum atomic E-state index is 0.378. The maximum absolute atomic E-state index is 5.35. The van der Waals surface area contributed by atoms with Crippen LogP contribution in [0.1, 0.15) is 12.6 Å². The van der Waals surface area contributed by atoms with Crippen molar-refractivity contribution in [3.8, 4) is 0 Å². The maximum atomic E-state index is 5.35. The second-order valence-electron chi connectivity index (χ2n) is 2.61. The number of anilines is 1. The van der Waals surface area contributed by atoms with Crippen molar-refractivity contribution in [3.05, 3.63) is 11.8 Å². The van der Waals surface area contributed by atoms with Gasteiger partial charge in [0.1, 0.15) is 0 Å². The molecule has 0 spiro atoms. The van der Waals surface area contributed by atoms with E-state index in [4.69, 9.17) is 10.3 Å². The fourth-order valence-corrected chi connectivity index (χ4v) is 0.840. The van der Waals surface area contributed by atoms with Gasteiger partial charge < -0.3 is 15.6 Å². The summed E-state index contributed by atoms with van der Waals surface area (Å²) >= 11 is 0. The Balaban J connectivity index is 2.50. The molecule has 4 nitrogen and oxygen atoms in total. The minimum absolute atomic E-state index is 0.378. The van der Waals surface area contributed by atoms with Crippen LogP contribution in [-0.4, -0.2) is 18.2 Å². The molecule has 0 aliphatic rings. The van der Waals surface area contributed by atoms with Crippen molar-refractivity contribution >= 4 is 5.88 Å². The first-order valence-corrected chi connectivity index (χ1v) is 3.60. The van der Waals surface area contributed by atoms with Gasteiger partial charge in [-0.15, -0.1) is 0 Å². The minimum Gasteiger partial charge on any atom is -0.368 e. The second kappa shape index (κ2) is 3.39. The topological polar surface area (TPSA) is 64.1 Å². The molecule has 1 aromatic rings. The fourth-order valence-electron chi connectivity index (χ4n) is 0.840. The van der Waals surface area contributed by atoms with Crippen molar-refractivity contribution in [1.82, 2.24) is 10.5 Å². The van der Waals surface area contributed by atoms with Gasteiger partial charge in [0.25, 0.3) is 0 Å². The molecule has 0 saturated carbocycles. The first kappa shape index (κ1) is 8.07. The molecule has 0 amide bonds. The van der Waals surface area contributed by atoms with Crippen LogP contribution in [0.2, 0.25) is 0 Å². The Hall–Kier alpha value is -1.03. The van der Waals surface area contributed by atoms with Gasteiger partial charge in [0, 0.05) is 18.5 Å². The molecular formula is C7H13N3O. The van der Waals surface area contributed by atoms with Crippen LogP contribution in [0.15, 0.2) is 10.6 Å². The standard InChI is InChI=1S/C7H13N3O/c1-5(9-2)3-6-4-7(8)11-10-6/h4-5,9H,3,8H2,1-2H3. The Bertz CT molecular complexity index is 221. The van der Waals surface area contributed by atoms with E-state index in [1.54, 1.807) is 6.07 Å². The lowest BCUT2D eigenvalue weighted by Crippen LogP contribution is -2.23. The number of nitrogens with zero attached hydrogens (tertiary/aromatic N) is 1. The summed E-state index contributed by atoms with van der Waals surface area (Å²) in [6.07, 6.45) is 0.844. The summed E-state index contributed by atoms with van der Waals surface area (Å²) in [5.74, 6) is 0.378. The Morgan fingerprint density at radius 2 is 2.55 bits per heavy atom. The van der Waals surface area contributed by atoms with Crippen molar-refractivity contribution < 1.29 is 4.52 Å². The van der Waals surface area contributed by atoms with Crippen LogP contribution in [0.3, 0.4) is 0 Å². The number of likely N-dealkylation sites (N-methyl/N-ethyl adjacent to an activating group) is 1. The zero-order valence-corrected chi connectivity index (χ0v) is 6.79. The van der Waals surface area contributed by atoms with Crippen LogP contribution in [0.4, 0.5) is 5.88 Å². The summed E-state index contributed by atoms with van der Waals surface area (Å²) in [6.45, 7) is 2.07. The average Bonchev–Trinajstić information content (AvgIpc) is 2.35. The van der Waals surface area contributed by atoms with Crippen molar-refractivity contribution in [2.24, 2.45) is 0 Å². The molecule has 4 heteroatoms. The van der Waals surface area contributed by atoms with Gasteiger partial charge in [-0.3, -0.25) is 0 Å². The quantitative estimate of drug-likeness (QED) is 0.663. The Kier molecular flexibility index (Phi) is 2.48. The number of nitrogens with one attached hydrogen (secondary N) is 1. The summed E-state index contributed by atoms with van der Waals surface area (Å²) in [7, 11) is 1.91. The largest absolute Gasteiger partial charge is 0.368 e. The molecule has 1 atom stereocenters. The van der Waals surface area contributed by atoms with Crippen LogP contribution >= 0.6 is 0 Å². The molecule has 1 heterocycles. The maximum Gasteiger partial charge on any atom is 0.222 e. The molecule has 11 heavy (non-hydrogen) atoms. The highest BCUT2D eigenvalue weighted by Gasteiger charge is 2.04. The monoisotopic (exact) mass is 155 g/mol. The molecule has 0 aliphatic heterocycles. The number of nitrogen functional groups attached to an aromatic ring is 1. The number of hydrogen-bond acceptors (Lipinski definition) is 4. The molecular weight excluding hydrogens is 142 g/mol. The summed E-state index contributed by atoms with van der Waals surface area (Å²) < 4.78 is 4.71. The highest BCUT2D eigenvalue weighted by atomic mass is 16.5. The first-order valence-electron chi connectivity index (χ1n) is 3.60. The van der Waals surface area contributed by atoms with Gasteiger partial charge in [-0.1, -0.05) is 5.16 Å². The van der Waals surface area contributed by atoms with Crippen molar-refractivity contribution in [2.75, 3.05) is 12.8 Å². The summed E-state index contributed by atoms with van der Waals surface area (Å²) in [4.78, 5) is 0. The van der Waals surface area contributed by atoms with Crippen molar-refractivity contribution in [2.45, 2.75) is 19.4 Å². The lowest BCUT2D eigenvalue weighted by molar-refractivity contribution is 0.422. The van der Waals surface area contributed by atoms with Crippen LogP contribution in [0, 0.1) is 0 Å². The van der Waals surface area contributed by atoms with Crippen molar-refractivity contribution in [1.29, 1.82) is 0 Å². The Morgan fingerprint density at radius 3 is 3.00 bits per heavy atom. The molecule has 0 radical (unpaired) electrons. The predicted molar refractivity (Wildman–Crippen MR) is 43.1 cm³/mol. The number of aromatic nitrogens is 1. The van der Waals surface area contributed by atoms with E-state index in [1.807, 2.05) is 7.05 Å². The zero-order valence-electron chi connectivity index (χ0n) is 6.79. The van der Waals surface area contributed by atoms with E-state index in [1.165, 1.54) is 0 Å².